The van der Waals surface area contributed by atoms with Gasteiger partial charge in [0, 0.05) is 11.3 Å². The average Bonchev–Trinajstić information content (AvgIpc) is 2.33. The Morgan fingerprint density at radius 3 is 2.57 bits per heavy atom. The van der Waals surface area contributed by atoms with E-state index < -0.39 is 43.5 Å². The number of carboxylic acids is 1. The molecule has 2 N–H and O–H groups in total. The molecular formula is C11H12F4N2O4. The lowest BCUT2D eigenvalue weighted by atomic mass is 10.2. The maximum absolute atomic E-state index is 12.6. The van der Waals surface area contributed by atoms with Crippen LogP contribution in [0.1, 0.15) is 17.1 Å². The number of hydrogen-bond donors (Lipinski definition) is 2. The lowest BCUT2D eigenvalue weighted by Gasteiger charge is -2.15. The van der Waals surface area contributed by atoms with Gasteiger partial charge in [-0.25, -0.2) is 13.8 Å². The molecule has 0 bridgehead atoms. The van der Waals surface area contributed by atoms with Crippen LogP contribution in [0.4, 0.5) is 17.6 Å². The van der Waals surface area contributed by atoms with Crippen LogP contribution in [-0.2, 0) is 22.6 Å². The summed E-state index contributed by atoms with van der Waals surface area (Å²) in [7, 11) is 0. The molecule has 0 radical (unpaired) electrons. The van der Waals surface area contributed by atoms with Crippen molar-refractivity contribution in [1.82, 2.24) is 9.97 Å². The monoisotopic (exact) mass is 312 g/mol. The van der Waals surface area contributed by atoms with Crippen molar-refractivity contribution in [2.24, 2.45) is 0 Å². The standard InChI is InChI=1S/C11H12F4N2O4/c1-5-6(2-8(18)19)9(20)17-7(16-5)3-21-4-11(14,15)10(12)13/h10H,2-4H2,1H3,(H,18,19)(H,16,17,20). The zero-order chi connectivity index (χ0) is 16.2. The van der Waals surface area contributed by atoms with Crippen LogP contribution in [0.15, 0.2) is 4.79 Å². The smallest absolute Gasteiger partial charge is 0.330 e. The summed E-state index contributed by atoms with van der Waals surface area (Å²) >= 11 is 0. The van der Waals surface area contributed by atoms with E-state index in [2.05, 4.69) is 14.7 Å². The van der Waals surface area contributed by atoms with Crippen LogP contribution in [0.25, 0.3) is 0 Å². The summed E-state index contributed by atoms with van der Waals surface area (Å²) in [6.07, 6.45) is -4.40. The Morgan fingerprint density at radius 1 is 1.48 bits per heavy atom. The quantitative estimate of drug-likeness (QED) is 0.736. The summed E-state index contributed by atoms with van der Waals surface area (Å²) in [5.41, 5.74) is -0.728. The highest BCUT2D eigenvalue weighted by Crippen LogP contribution is 2.23. The number of nitrogens with zero attached hydrogens (tertiary/aromatic N) is 1. The van der Waals surface area contributed by atoms with Gasteiger partial charge in [-0.1, -0.05) is 0 Å². The molecule has 6 nitrogen and oxygen atoms in total. The van der Waals surface area contributed by atoms with Gasteiger partial charge in [-0.05, 0) is 6.92 Å². The third-order valence-electron chi connectivity index (χ3n) is 2.45. The van der Waals surface area contributed by atoms with Crippen LogP contribution >= 0.6 is 0 Å². The van der Waals surface area contributed by atoms with Crippen molar-refractivity contribution in [2.75, 3.05) is 6.61 Å². The SMILES string of the molecule is Cc1nc(COCC(F)(F)C(F)F)[nH]c(=O)c1CC(=O)O. The second-order valence-corrected chi connectivity index (χ2v) is 4.20. The summed E-state index contributed by atoms with van der Waals surface area (Å²) in [6, 6.07) is 0. The largest absolute Gasteiger partial charge is 0.481 e. The number of carbonyl (C=O) groups is 1. The molecule has 1 aromatic heterocycles. The molecule has 0 fully saturated rings. The minimum atomic E-state index is -4.29. The third kappa shape index (κ3) is 4.81. The molecule has 0 aromatic carbocycles. The van der Waals surface area contributed by atoms with Gasteiger partial charge in [0.25, 0.3) is 5.56 Å². The molecule has 0 unspecified atom stereocenters. The van der Waals surface area contributed by atoms with Crippen molar-refractivity contribution in [2.45, 2.75) is 32.3 Å². The zero-order valence-electron chi connectivity index (χ0n) is 10.8. The molecule has 21 heavy (non-hydrogen) atoms. The highest BCUT2D eigenvalue weighted by molar-refractivity contribution is 5.70. The molecule has 0 amide bonds. The summed E-state index contributed by atoms with van der Waals surface area (Å²) in [6.45, 7) is -0.763. The minimum absolute atomic E-state index is 0.0795. The maximum Gasteiger partial charge on any atom is 0.330 e. The van der Waals surface area contributed by atoms with Gasteiger partial charge in [0.2, 0.25) is 0 Å². The number of aromatic amines is 1. The molecule has 0 saturated carbocycles. The molecule has 0 aliphatic rings. The van der Waals surface area contributed by atoms with E-state index in [0.29, 0.717) is 0 Å². The number of aromatic nitrogens is 2. The second-order valence-electron chi connectivity index (χ2n) is 4.20. The predicted octanol–water partition coefficient (Wildman–Crippen LogP) is 1.12. The molecule has 1 heterocycles. The number of nitrogens with one attached hydrogen (secondary N) is 1. The molecule has 1 aromatic rings. The Kier molecular flexibility index (Phi) is 5.41. The van der Waals surface area contributed by atoms with Crippen molar-refractivity contribution in [1.29, 1.82) is 0 Å². The summed E-state index contributed by atoms with van der Waals surface area (Å²) in [4.78, 5) is 28.1. The highest BCUT2D eigenvalue weighted by atomic mass is 19.3. The Balaban J connectivity index is 2.74. The van der Waals surface area contributed by atoms with E-state index in [-0.39, 0.29) is 17.1 Å². The molecular weight excluding hydrogens is 300 g/mol. The molecule has 0 aliphatic carbocycles. The number of alkyl halides is 4. The molecule has 0 atom stereocenters. The van der Waals surface area contributed by atoms with E-state index in [0.717, 1.165) is 0 Å². The Morgan fingerprint density at radius 2 is 2.10 bits per heavy atom. The van der Waals surface area contributed by atoms with Crippen molar-refractivity contribution in [3.8, 4) is 0 Å². The molecule has 10 heteroatoms. The normalized spacial score (nSPS) is 11.9. The van der Waals surface area contributed by atoms with E-state index >= 15 is 0 Å². The first-order valence-electron chi connectivity index (χ1n) is 5.67. The van der Waals surface area contributed by atoms with Crippen LogP contribution in [-0.4, -0.2) is 40.0 Å². The highest BCUT2D eigenvalue weighted by Gasteiger charge is 2.41. The Labute approximate surface area is 115 Å². The van der Waals surface area contributed by atoms with E-state index in [4.69, 9.17) is 5.11 Å². The molecule has 0 aliphatic heterocycles. The topological polar surface area (TPSA) is 92.3 Å². The van der Waals surface area contributed by atoms with E-state index in [1.54, 1.807) is 0 Å². The van der Waals surface area contributed by atoms with Crippen molar-refractivity contribution in [3.63, 3.8) is 0 Å². The minimum Gasteiger partial charge on any atom is -0.481 e. The Bertz CT molecular complexity index is 574. The zero-order valence-corrected chi connectivity index (χ0v) is 10.8. The number of aliphatic carboxylic acids is 1. The number of aryl methyl sites for hydroxylation is 1. The van der Waals surface area contributed by atoms with Gasteiger partial charge in [0.1, 0.15) is 19.0 Å². The van der Waals surface area contributed by atoms with Crippen LogP contribution in [0, 0.1) is 6.92 Å². The predicted molar refractivity (Wildman–Crippen MR) is 61.5 cm³/mol. The number of hydrogen-bond acceptors (Lipinski definition) is 4. The van der Waals surface area contributed by atoms with E-state index in [1.807, 2.05) is 0 Å². The van der Waals surface area contributed by atoms with Gasteiger partial charge in [-0.15, -0.1) is 0 Å². The van der Waals surface area contributed by atoms with Gasteiger partial charge in [0.15, 0.2) is 0 Å². The number of carboxylic acid groups (broad SMARTS) is 1. The molecule has 118 valence electrons. The summed E-state index contributed by atoms with van der Waals surface area (Å²) in [5, 5.41) is 8.61. The van der Waals surface area contributed by atoms with Crippen molar-refractivity contribution < 1.29 is 32.2 Å². The second kappa shape index (κ2) is 6.66. The average molecular weight is 312 g/mol. The first-order chi connectivity index (χ1) is 9.63. The van der Waals surface area contributed by atoms with Crippen molar-refractivity contribution >= 4 is 5.97 Å². The van der Waals surface area contributed by atoms with Crippen LogP contribution in [0.3, 0.4) is 0 Å². The van der Waals surface area contributed by atoms with Gasteiger partial charge >= 0.3 is 18.3 Å². The Hall–Kier alpha value is -1.97. The van der Waals surface area contributed by atoms with E-state index in [1.165, 1.54) is 6.92 Å². The fourth-order valence-electron chi connectivity index (χ4n) is 1.44. The van der Waals surface area contributed by atoms with Crippen molar-refractivity contribution in [3.05, 3.63) is 27.4 Å². The number of ether oxygens (including phenoxy) is 1. The third-order valence-corrected chi connectivity index (χ3v) is 2.45. The number of halogens is 4. The number of rotatable bonds is 7. The molecule has 0 saturated heterocycles. The lowest BCUT2D eigenvalue weighted by Crippen LogP contribution is -2.32. The first-order valence-corrected chi connectivity index (χ1v) is 5.67. The van der Waals surface area contributed by atoms with Gasteiger partial charge in [0.05, 0.1) is 6.42 Å². The molecule has 0 spiro atoms. The lowest BCUT2D eigenvalue weighted by molar-refractivity contribution is -0.168. The number of H-pyrrole nitrogens is 1. The van der Waals surface area contributed by atoms with Crippen LogP contribution < -0.4 is 5.56 Å². The fourth-order valence-corrected chi connectivity index (χ4v) is 1.44. The van der Waals surface area contributed by atoms with Gasteiger partial charge in [-0.3, -0.25) is 9.59 Å². The van der Waals surface area contributed by atoms with E-state index in [9.17, 15) is 27.2 Å². The first kappa shape index (κ1) is 17.1. The molecule has 1 rings (SSSR count). The van der Waals surface area contributed by atoms with Gasteiger partial charge in [-0.2, -0.15) is 8.78 Å². The summed E-state index contributed by atoms with van der Waals surface area (Å²) in [5.74, 6) is -5.68. The van der Waals surface area contributed by atoms with Gasteiger partial charge < -0.3 is 14.8 Å². The van der Waals surface area contributed by atoms with Crippen LogP contribution in [0.5, 0.6) is 0 Å². The maximum atomic E-state index is 12.6. The fraction of sp³-hybridized carbons (Fsp3) is 0.545. The van der Waals surface area contributed by atoms with Crippen LogP contribution in [0.2, 0.25) is 0 Å². The summed E-state index contributed by atoms with van der Waals surface area (Å²) < 4.78 is 53.3.